The van der Waals surface area contributed by atoms with Crippen LogP contribution in [0.25, 0.3) is 5.65 Å². The molecule has 11 heteroatoms. The van der Waals surface area contributed by atoms with Gasteiger partial charge in [0.05, 0.1) is 21.7 Å². The molecule has 0 bridgehead atoms. The number of nitrogens with zero attached hydrogens (tertiary/aromatic N) is 4. The van der Waals surface area contributed by atoms with Crippen molar-refractivity contribution in [2.45, 2.75) is 0 Å². The largest absolute Gasteiger partial charge is 0.455 e. The van der Waals surface area contributed by atoms with Crippen LogP contribution in [0.3, 0.4) is 0 Å². The van der Waals surface area contributed by atoms with Gasteiger partial charge >= 0.3 is 0 Å². The highest BCUT2D eigenvalue weighted by atomic mass is 35.5. The molecule has 0 radical (unpaired) electrons. The summed E-state index contributed by atoms with van der Waals surface area (Å²) < 4.78 is 7.10. The maximum Gasteiger partial charge on any atom is 0.276 e. The fourth-order valence-electron chi connectivity index (χ4n) is 2.64. The van der Waals surface area contributed by atoms with Crippen LogP contribution >= 0.6 is 23.2 Å². The number of halogens is 2. The molecule has 1 amide bonds. The number of hydrogen-bond donors (Lipinski definition) is 1. The van der Waals surface area contributed by atoms with Crippen molar-refractivity contribution in [3.63, 3.8) is 0 Å². The van der Waals surface area contributed by atoms with Crippen LogP contribution in [-0.2, 0) is 0 Å². The van der Waals surface area contributed by atoms with Gasteiger partial charge in [-0.25, -0.2) is 9.50 Å². The van der Waals surface area contributed by atoms with Crippen molar-refractivity contribution in [2.75, 3.05) is 5.32 Å². The van der Waals surface area contributed by atoms with Crippen LogP contribution < -0.4 is 10.1 Å². The lowest BCUT2D eigenvalue weighted by atomic mass is 10.2. The number of benzene rings is 2. The molecule has 30 heavy (non-hydrogen) atoms. The molecular formula is C19H11Cl2N5O4. The average molecular weight is 444 g/mol. The minimum Gasteiger partial charge on any atom is -0.455 e. The van der Waals surface area contributed by atoms with E-state index in [1.807, 2.05) is 0 Å². The summed E-state index contributed by atoms with van der Waals surface area (Å²) in [6.07, 6.45) is 3.22. The van der Waals surface area contributed by atoms with Gasteiger partial charge in [0.25, 0.3) is 11.6 Å². The quantitative estimate of drug-likeness (QED) is 0.343. The second-order valence-corrected chi connectivity index (χ2v) is 6.90. The van der Waals surface area contributed by atoms with Gasteiger partial charge in [-0.2, -0.15) is 5.10 Å². The number of carbonyl (C=O) groups is 1. The number of aromatic nitrogens is 3. The molecule has 0 spiro atoms. The van der Waals surface area contributed by atoms with Crippen LogP contribution in [0.1, 0.15) is 10.5 Å². The molecular weight excluding hydrogens is 433 g/mol. The summed E-state index contributed by atoms with van der Waals surface area (Å²) >= 11 is 12.0. The number of fused-ring (bicyclic) bond motifs is 1. The number of anilines is 1. The van der Waals surface area contributed by atoms with Gasteiger partial charge in [-0.15, -0.1) is 0 Å². The first-order valence-corrected chi connectivity index (χ1v) is 9.19. The Hall–Kier alpha value is -3.69. The minimum atomic E-state index is -0.596. The summed E-state index contributed by atoms with van der Waals surface area (Å²) in [4.78, 5) is 27.4. The highest BCUT2D eigenvalue weighted by molar-refractivity contribution is 6.35. The van der Waals surface area contributed by atoms with Gasteiger partial charge in [-0.1, -0.05) is 23.2 Å². The van der Waals surface area contributed by atoms with Crippen molar-refractivity contribution >= 4 is 46.1 Å². The SMILES string of the molecule is O=C(Nc1cc(Oc2ccc(Cl)cc2Cl)cc([N+](=O)[O-])c1)c1cc2ncccn2n1. The predicted molar refractivity (Wildman–Crippen MR) is 111 cm³/mol. The number of ether oxygens (including phenoxy) is 1. The number of non-ortho nitro benzene ring substituents is 1. The van der Waals surface area contributed by atoms with E-state index in [2.05, 4.69) is 15.4 Å². The summed E-state index contributed by atoms with van der Waals surface area (Å²) in [7, 11) is 0. The second kappa shape index (κ2) is 7.97. The molecule has 2 aromatic carbocycles. The molecule has 0 saturated heterocycles. The first kappa shape index (κ1) is 19.6. The molecule has 150 valence electrons. The number of amides is 1. The van der Waals surface area contributed by atoms with E-state index in [0.29, 0.717) is 10.7 Å². The average Bonchev–Trinajstić information content (AvgIpc) is 3.14. The lowest BCUT2D eigenvalue weighted by molar-refractivity contribution is -0.384. The number of nitro benzene ring substituents is 1. The molecule has 4 aromatic rings. The van der Waals surface area contributed by atoms with E-state index in [0.717, 1.165) is 0 Å². The summed E-state index contributed by atoms with van der Waals surface area (Å²) in [5, 5.41) is 18.7. The zero-order valence-corrected chi connectivity index (χ0v) is 16.5. The van der Waals surface area contributed by atoms with Gasteiger partial charge in [0.1, 0.15) is 11.5 Å². The summed E-state index contributed by atoms with van der Waals surface area (Å²) in [5.41, 5.74) is 0.468. The zero-order chi connectivity index (χ0) is 21.3. The van der Waals surface area contributed by atoms with Crippen LogP contribution in [0, 0.1) is 10.1 Å². The fraction of sp³-hybridized carbons (Fsp3) is 0. The molecule has 0 aliphatic heterocycles. The number of rotatable bonds is 5. The Labute approximate surface area is 179 Å². The Morgan fingerprint density at radius 1 is 1.17 bits per heavy atom. The standard InChI is InChI=1S/C19H11Cl2N5O4/c20-11-2-3-17(15(21)6-11)30-14-8-12(7-13(9-14)26(28)29)23-19(27)16-10-18-22-4-1-5-25(18)24-16/h1-10H,(H,23,27). The zero-order valence-electron chi connectivity index (χ0n) is 15.0. The summed E-state index contributed by atoms with van der Waals surface area (Å²) in [6.45, 7) is 0. The Morgan fingerprint density at radius 3 is 2.73 bits per heavy atom. The van der Waals surface area contributed by atoms with E-state index < -0.39 is 10.8 Å². The van der Waals surface area contributed by atoms with Crippen molar-refractivity contribution in [2.24, 2.45) is 0 Å². The van der Waals surface area contributed by atoms with E-state index in [9.17, 15) is 14.9 Å². The third-order valence-electron chi connectivity index (χ3n) is 3.95. The molecule has 9 nitrogen and oxygen atoms in total. The number of hydrogen-bond acceptors (Lipinski definition) is 6. The number of nitrogens with one attached hydrogen (secondary N) is 1. The highest BCUT2D eigenvalue weighted by Crippen LogP contribution is 2.34. The minimum absolute atomic E-state index is 0.100. The van der Waals surface area contributed by atoms with Gasteiger partial charge in [0, 0.05) is 35.6 Å². The van der Waals surface area contributed by atoms with Gasteiger partial charge in [-0.05, 0) is 24.3 Å². The van der Waals surface area contributed by atoms with Gasteiger partial charge in [-0.3, -0.25) is 14.9 Å². The third kappa shape index (κ3) is 4.17. The van der Waals surface area contributed by atoms with Crippen LogP contribution in [-0.4, -0.2) is 25.4 Å². The Bertz CT molecular complexity index is 1260. The van der Waals surface area contributed by atoms with Crippen molar-refractivity contribution in [3.8, 4) is 11.5 Å². The fourth-order valence-corrected chi connectivity index (χ4v) is 3.09. The number of carbonyl (C=O) groups excluding carboxylic acids is 1. The lowest BCUT2D eigenvalue weighted by Gasteiger charge is -2.10. The predicted octanol–water partition coefficient (Wildman–Crippen LogP) is 4.99. The van der Waals surface area contributed by atoms with Gasteiger partial charge in [0.2, 0.25) is 0 Å². The monoisotopic (exact) mass is 443 g/mol. The van der Waals surface area contributed by atoms with Gasteiger partial charge in [0.15, 0.2) is 11.3 Å². The van der Waals surface area contributed by atoms with Crippen LogP contribution in [0.4, 0.5) is 11.4 Å². The molecule has 1 N–H and O–H groups in total. The van der Waals surface area contributed by atoms with E-state index in [1.54, 1.807) is 24.5 Å². The maximum atomic E-state index is 12.6. The Morgan fingerprint density at radius 2 is 2.00 bits per heavy atom. The van der Waals surface area contributed by atoms with E-state index in [-0.39, 0.29) is 33.6 Å². The van der Waals surface area contributed by atoms with Crippen molar-refractivity contribution in [3.05, 3.63) is 86.8 Å². The summed E-state index contributed by atoms with van der Waals surface area (Å²) in [5.74, 6) is -0.192. The molecule has 2 aromatic heterocycles. The number of nitro groups is 1. The topological polar surface area (TPSA) is 112 Å². The smallest absolute Gasteiger partial charge is 0.276 e. The molecule has 2 heterocycles. The molecule has 0 aliphatic rings. The Kier molecular flexibility index (Phi) is 5.21. The first-order valence-electron chi connectivity index (χ1n) is 8.43. The van der Waals surface area contributed by atoms with Crippen LogP contribution in [0.2, 0.25) is 10.0 Å². The molecule has 0 fully saturated rings. The van der Waals surface area contributed by atoms with Crippen molar-refractivity contribution in [1.82, 2.24) is 14.6 Å². The molecule has 0 aliphatic carbocycles. The van der Waals surface area contributed by atoms with Crippen LogP contribution in [0.15, 0.2) is 60.9 Å². The lowest BCUT2D eigenvalue weighted by Crippen LogP contribution is -2.13. The second-order valence-electron chi connectivity index (χ2n) is 6.06. The van der Waals surface area contributed by atoms with Gasteiger partial charge < -0.3 is 10.1 Å². The first-order chi connectivity index (χ1) is 14.4. The molecule has 0 atom stereocenters. The Balaban J connectivity index is 1.63. The van der Waals surface area contributed by atoms with Crippen LogP contribution in [0.5, 0.6) is 11.5 Å². The maximum absolute atomic E-state index is 12.6. The van der Waals surface area contributed by atoms with E-state index in [1.165, 1.54) is 40.9 Å². The van der Waals surface area contributed by atoms with E-state index >= 15 is 0 Å². The van der Waals surface area contributed by atoms with Crippen molar-refractivity contribution < 1.29 is 14.5 Å². The third-order valence-corrected chi connectivity index (χ3v) is 4.48. The normalized spacial score (nSPS) is 10.7. The summed E-state index contributed by atoms with van der Waals surface area (Å²) in [6, 6.07) is 11.6. The van der Waals surface area contributed by atoms with Crippen molar-refractivity contribution in [1.29, 1.82) is 0 Å². The van der Waals surface area contributed by atoms with E-state index in [4.69, 9.17) is 27.9 Å². The highest BCUT2D eigenvalue weighted by Gasteiger charge is 2.16. The molecule has 4 rings (SSSR count). The molecule has 0 unspecified atom stereocenters. The molecule has 0 saturated carbocycles.